The van der Waals surface area contributed by atoms with Crippen molar-refractivity contribution in [3.63, 3.8) is 0 Å². The van der Waals surface area contributed by atoms with E-state index in [1.165, 1.54) is 0 Å². The molecule has 0 aromatic rings. The number of carboxylic acids is 1. The molecule has 0 rings (SSSR count). The van der Waals surface area contributed by atoms with E-state index in [0.29, 0.717) is 6.54 Å². The molecule has 0 saturated heterocycles. The lowest BCUT2D eigenvalue weighted by Crippen LogP contribution is -2.47. The maximum atomic E-state index is 10.8. The zero-order valence-electron chi connectivity index (χ0n) is 10.3. The number of aliphatic carboxylic acids is 1. The molecule has 0 aliphatic heterocycles. The van der Waals surface area contributed by atoms with E-state index in [0.717, 1.165) is 6.54 Å². The highest BCUT2D eigenvalue weighted by Gasteiger charge is 2.27. The van der Waals surface area contributed by atoms with Crippen LogP contribution in [0.25, 0.3) is 0 Å². The molecule has 2 unspecified atom stereocenters. The first-order valence-electron chi connectivity index (χ1n) is 5.38. The van der Waals surface area contributed by atoms with Crippen LogP contribution in [0, 0.1) is 5.92 Å². The van der Waals surface area contributed by atoms with Crippen LogP contribution in [0.3, 0.4) is 0 Å². The molecule has 0 saturated carbocycles. The van der Waals surface area contributed by atoms with Crippen molar-refractivity contribution < 1.29 is 15.0 Å². The molecule has 0 bridgehead atoms. The van der Waals surface area contributed by atoms with Crippen LogP contribution in [-0.4, -0.2) is 45.8 Å². The standard InChI is InChI=1S/C11H23NO3/c1-6-12(7-11(4,5)15)9(3)8(2)10(13)14/h8-9,15H,6-7H2,1-5H3,(H,13,14). The molecule has 0 aliphatic rings. The van der Waals surface area contributed by atoms with Gasteiger partial charge in [0.05, 0.1) is 11.5 Å². The second-order valence-corrected chi connectivity index (χ2v) is 4.74. The van der Waals surface area contributed by atoms with Crippen molar-refractivity contribution in [2.24, 2.45) is 5.92 Å². The van der Waals surface area contributed by atoms with Gasteiger partial charge in [-0.25, -0.2) is 0 Å². The van der Waals surface area contributed by atoms with Gasteiger partial charge in [0.1, 0.15) is 0 Å². The quantitative estimate of drug-likeness (QED) is 0.701. The van der Waals surface area contributed by atoms with Crippen LogP contribution < -0.4 is 0 Å². The number of hydrogen-bond donors (Lipinski definition) is 2. The zero-order valence-corrected chi connectivity index (χ0v) is 10.3. The fourth-order valence-electron chi connectivity index (χ4n) is 1.56. The minimum atomic E-state index is -0.795. The van der Waals surface area contributed by atoms with Gasteiger partial charge >= 0.3 is 5.97 Å². The lowest BCUT2D eigenvalue weighted by Gasteiger charge is -2.34. The second kappa shape index (κ2) is 5.47. The van der Waals surface area contributed by atoms with Crippen molar-refractivity contribution in [2.45, 2.75) is 46.3 Å². The summed E-state index contributed by atoms with van der Waals surface area (Å²) in [6.45, 7) is 10.2. The van der Waals surface area contributed by atoms with E-state index in [-0.39, 0.29) is 6.04 Å². The average molecular weight is 217 g/mol. The minimum absolute atomic E-state index is 0.0704. The van der Waals surface area contributed by atoms with Crippen LogP contribution in [0.4, 0.5) is 0 Å². The van der Waals surface area contributed by atoms with E-state index in [1.807, 2.05) is 18.7 Å². The van der Waals surface area contributed by atoms with Crippen LogP contribution in [0.15, 0.2) is 0 Å². The van der Waals surface area contributed by atoms with Crippen molar-refractivity contribution in [1.29, 1.82) is 0 Å². The Kier molecular flexibility index (Phi) is 5.24. The molecular weight excluding hydrogens is 194 g/mol. The number of carbonyl (C=O) groups is 1. The summed E-state index contributed by atoms with van der Waals surface area (Å²) < 4.78 is 0. The van der Waals surface area contributed by atoms with Crippen LogP contribution in [-0.2, 0) is 4.79 Å². The van der Waals surface area contributed by atoms with Crippen LogP contribution in [0.2, 0.25) is 0 Å². The predicted octanol–water partition coefficient (Wildman–Crippen LogP) is 1.19. The maximum absolute atomic E-state index is 10.8. The summed E-state index contributed by atoms with van der Waals surface area (Å²) in [7, 11) is 0. The van der Waals surface area contributed by atoms with E-state index >= 15 is 0 Å². The Balaban J connectivity index is 4.47. The highest BCUT2D eigenvalue weighted by atomic mass is 16.4. The van der Waals surface area contributed by atoms with Gasteiger partial charge in [0.2, 0.25) is 0 Å². The van der Waals surface area contributed by atoms with E-state index in [2.05, 4.69) is 0 Å². The van der Waals surface area contributed by atoms with Gasteiger partial charge in [-0.3, -0.25) is 9.69 Å². The Bertz CT molecular complexity index is 210. The van der Waals surface area contributed by atoms with E-state index in [4.69, 9.17) is 5.11 Å². The Hall–Kier alpha value is -0.610. The van der Waals surface area contributed by atoms with E-state index in [9.17, 15) is 9.90 Å². The zero-order chi connectivity index (χ0) is 12.2. The van der Waals surface area contributed by atoms with Gasteiger partial charge < -0.3 is 10.2 Å². The summed E-state index contributed by atoms with van der Waals surface area (Å²) in [5, 5.41) is 18.6. The third-order valence-corrected chi connectivity index (χ3v) is 2.69. The molecule has 90 valence electrons. The predicted molar refractivity (Wildman–Crippen MR) is 59.8 cm³/mol. The fraction of sp³-hybridized carbons (Fsp3) is 0.909. The molecule has 4 heteroatoms. The summed E-state index contributed by atoms with van der Waals surface area (Å²) in [4.78, 5) is 12.8. The van der Waals surface area contributed by atoms with Gasteiger partial charge in [0.15, 0.2) is 0 Å². The SMILES string of the molecule is CCN(CC(C)(C)O)C(C)C(C)C(=O)O. The maximum Gasteiger partial charge on any atom is 0.307 e. The molecular formula is C11H23NO3. The number of carboxylic acid groups (broad SMARTS) is 1. The van der Waals surface area contributed by atoms with Crippen LogP contribution in [0.1, 0.15) is 34.6 Å². The molecule has 15 heavy (non-hydrogen) atoms. The first kappa shape index (κ1) is 14.4. The van der Waals surface area contributed by atoms with Gasteiger partial charge in [0.25, 0.3) is 0 Å². The molecule has 0 fully saturated rings. The number of hydrogen-bond acceptors (Lipinski definition) is 3. The molecule has 0 radical (unpaired) electrons. The fourth-order valence-corrected chi connectivity index (χ4v) is 1.56. The number of likely N-dealkylation sites (N-methyl/N-ethyl adjacent to an activating group) is 1. The summed E-state index contributed by atoms with van der Waals surface area (Å²) in [5.74, 6) is -1.22. The first-order valence-corrected chi connectivity index (χ1v) is 5.38. The minimum Gasteiger partial charge on any atom is -0.481 e. The molecule has 0 amide bonds. The molecule has 0 heterocycles. The summed E-state index contributed by atoms with van der Waals surface area (Å²) >= 11 is 0. The Morgan fingerprint density at radius 1 is 1.40 bits per heavy atom. The van der Waals surface area contributed by atoms with Crippen molar-refractivity contribution in [1.82, 2.24) is 4.90 Å². The Morgan fingerprint density at radius 2 is 1.87 bits per heavy atom. The molecule has 4 nitrogen and oxygen atoms in total. The van der Waals surface area contributed by atoms with E-state index < -0.39 is 17.5 Å². The average Bonchev–Trinajstić information content (AvgIpc) is 2.10. The van der Waals surface area contributed by atoms with Gasteiger partial charge in [-0.1, -0.05) is 13.8 Å². The van der Waals surface area contributed by atoms with Gasteiger partial charge in [-0.15, -0.1) is 0 Å². The van der Waals surface area contributed by atoms with E-state index in [1.54, 1.807) is 20.8 Å². The normalized spacial score (nSPS) is 16.5. The molecule has 2 atom stereocenters. The summed E-state index contributed by atoms with van der Waals surface area (Å²) in [5.41, 5.74) is -0.789. The Labute approximate surface area is 91.9 Å². The molecule has 0 spiro atoms. The third-order valence-electron chi connectivity index (χ3n) is 2.69. The third kappa shape index (κ3) is 5.14. The van der Waals surface area contributed by atoms with Crippen molar-refractivity contribution >= 4 is 5.97 Å². The smallest absolute Gasteiger partial charge is 0.307 e. The first-order chi connectivity index (χ1) is 6.69. The van der Waals surface area contributed by atoms with Crippen molar-refractivity contribution in [3.05, 3.63) is 0 Å². The van der Waals surface area contributed by atoms with Crippen LogP contribution in [0.5, 0.6) is 0 Å². The number of nitrogens with zero attached hydrogens (tertiary/aromatic N) is 1. The lowest BCUT2D eigenvalue weighted by atomic mass is 10.00. The molecule has 2 N–H and O–H groups in total. The largest absolute Gasteiger partial charge is 0.481 e. The van der Waals surface area contributed by atoms with Gasteiger partial charge in [-0.2, -0.15) is 0 Å². The van der Waals surface area contributed by atoms with Crippen molar-refractivity contribution in [2.75, 3.05) is 13.1 Å². The number of aliphatic hydroxyl groups is 1. The molecule has 0 aromatic carbocycles. The topological polar surface area (TPSA) is 60.8 Å². The van der Waals surface area contributed by atoms with Crippen molar-refractivity contribution in [3.8, 4) is 0 Å². The highest BCUT2D eigenvalue weighted by Crippen LogP contribution is 2.14. The molecule has 0 aliphatic carbocycles. The van der Waals surface area contributed by atoms with Crippen LogP contribution >= 0.6 is 0 Å². The van der Waals surface area contributed by atoms with Gasteiger partial charge in [-0.05, 0) is 27.3 Å². The highest BCUT2D eigenvalue weighted by molar-refractivity contribution is 5.70. The summed E-state index contributed by atoms with van der Waals surface area (Å²) in [6.07, 6.45) is 0. The second-order valence-electron chi connectivity index (χ2n) is 4.74. The Morgan fingerprint density at radius 3 is 2.13 bits per heavy atom. The lowest BCUT2D eigenvalue weighted by molar-refractivity contribution is -0.143. The van der Waals surface area contributed by atoms with Gasteiger partial charge in [0, 0.05) is 12.6 Å². The number of rotatable bonds is 6. The summed E-state index contributed by atoms with van der Waals surface area (Å²) in [6, 6.07) is -0.0704. The molecule has 0 aromatic heterocycles. The monoisotopic (exact) mass is 217 g/mol.